The molecule has 0 aromatic heterocycles. The van der Waals surface area contributed by atoms with Crippen LogP contribution >= 0.6 is 0 Å². The molecular weight excluding hydrogens is 356 g/mol. The highest BCUT2D eigenvalue weighted by Gasteiger charge is 2.49. The zero-order valence-corrected chi connectivity index (χ0v) is 19.5. The van der Waals surface area contributed by atoms with Crippen molar-refractivity contribution >= 4 is 8.32 Å². The smallest absolute Gasteiger partial charge is 0.192 e. The summed E-state index contributed by atoms with van der Waals surface area (Å²) in [6, 6.07) is 0. The van der Waals surface area contributed by atoms with Crippen LogP contribution in [-0.4, -0.2) is 44.9 Å². The fraction of sp³-hybridized carbons (Fsp3) is 0.909. The molecule has 0 bridgehead atoms. The number of ether oxygens (including phenoxy) is 3. The highest BCUT2D eigenvalue weighted by atomic mass is 28.4. The van der Waals surface area contributed by atoms with Crippen LogP contribution in [-0.2, 0) is 18.6 Å². The molecule has 0 aromatic carbocycles. The second-order valence-electron chi connectivity index (χ2n) is 10.6. The third-order valence-corrected chi connectivity index (χ3v) is 11.8. The van der Waals surface area contributed by atoms with Gasteiger partial charge in [-0.05, 0) is 63.7 Å². The van der Waals surface area contributed by atoms with Crippen molar-refractivity contribution in [3.63, 3.8) is 0 Å². The Morgan fingerprint density at radius 2 is 1.93 bits per heavy atom. The maximum Gasteiger partial charge on any atom is 0.192 e. The van der Waals surface area contributed by atoms with Crippen molar-refractivity contribution in [2.45, 2.75) is 115 Å². The minimum Gasteiger partial charge on any atom is -0.492 e. The lowest BCUT2D eigenvalue weighted by molar-refractivity contribution is -0.168. The van der Waals surface area contributed by atoms with Crippen LogP contribution < -0.4 is 0 Å². The summed E-state index contributed by atoms with van der Waals surface area (Å²) in [6.45, 7) is 17.7. The third kappa shape index (κ3) is 4.47. The molecule has 0 aromatic rings. The Kier molecular flexibility index (Phi) is 5.91. The molecule has 0 saturated carbocycles. The Labute approximate surface area is 167 Å². The van der Waals surface area contributed by atoms with Gasteiger partial charge in [0.25, 0.3) is 0 Å². The maximum atomic E-state index is 6.92. The van der Waals surface area contributed by atoms with Crippen molar-refractivity contribution in [1.82, 2.24) is 0 Å². The fourth-order valence-electron chi connectivity index (χ4n) is 4.32. The predicted molar refractivity (Wildman–Crippen MR) is 111 cm³/mol. The lowest BCUT2D eigenvalue weighted by Crippen LogP contribution is -2.56. The van der Waals surface area contributed by atoms with Crippen LogP contribution in [0.15, 0.2) is 11.8 Å². The molecule has 4 nitrogen and oxygen atoms in total. The van der Waals surface area contributed by atoms with Gasteiger partial charge in [-0.3, -0.25) is 0 Å². The Hall–Kier alpha value is -0.363. The topological polar surface area (TPSA) is 36.9 Å². The zero-order valence-electron chi connectivity index (χ0n) is 18.5. The van der Waals surface area contributed by atoms with Crippen LogP contribution in [0.4, 0.5) is 0 Å². The lowest BCUT2D eigenvalue weighted by atomic mass is 9.85. The molecule has 0 radical (unpaired) electrons. The summed E-state index contributed by atoms with van der Waals surface area (Å²) in [5, 5.41) is 0.194. The van der Waals surface area contributed by atoms with Gasteiger partial charge in [0.2, 0.25) is 0 Å². The predicted octanol–water partition coefficient (Wildman–Crippen LogP) is 5.58. The van der Waals surface area contributed by atoms with Crippen molar-refractivity contribution in [3.8, 4) is 0 Å². The minimum atomic E-state index is -1.87. The van der Waals surface area contributed by atoms with E-state index in [1.807, 2.05) is 0 Å². The highest BCUT2D eigenvalue weighted by Crippen LogP contribution is 2.44. The standard InChI is InChI=1S/C22H40O4Si/c1-20(2,3)27(6,7)26-22(5)12-9-14-23-19(22)16-17-11-13-21(4)18(25-17)10-8-15-24-21/h11,18-19H,8-10,12-16H2,1-7H3/t18-,19-,21+,22+/m1/s1. The van der Waals surface area contributed by atoms with E-state index >= 15 is 0 Å². The molecular formula is C22H40O4Si. The molecule has 0 spiro atoms. The Bertz CT molecular complexity index is 567. The fourth-order valence-corrected chi connectivity index (χ4v) is 6.03. The molecule has 4 atom stereocenters. The van der Waals surface area contributed by atoms with Gasteiger partial charge in [0.15, 0.2) is 8.32 Å². The largest absolute Gasteiger partial charge is 0.492 e. The average Bonchev–Trinajstić information content (AvgIpc) is 2.55. The molecule has 3 aliphatic rings. The van der Waals surface area contributed by atoms with E-state index in [1.54, 1.807) is 0 Å². The maximum absolute atomic E-state index is 6.92. The van der Waals surface area contributed by atoms with Gasteiger partial charge in [-0.25, -0.2) is 0 Å². The molecule has 27 heavy (non-hydrogen) atoms. The van der Waals surface area contributed by atoms with Crippen molar-refractivity contribution in [2.75, 3.05) is 13.2 Å². The van der Waals surface area contributed by atoms with E-state index in [-0.39, 0.29) is 28.4 Å². The first-order chi connectivity index (χ1) is 12.5. The van der Waals surface area contributed by atoms with Crippen molar-refractivity contribution in [1.29, 1.82) is 0 Å². The van der Waals surface area contributed by atoms with Crippen molar-refractivity contribution in [3.05, 3.63) is 11.8 Å². The van der Waals surface area contributed by atoms with Crippen LogP contribution in [0.1, 0.15) is 73.1 Å². The summed E-state index contributed by atoms with van der Waals surface area (Å²) in [7, 11) is -1.87. The second-order valence-corrected chi connectivity index (χ2v) is 15.4. The minimum absolute atomic E-state index is 0.0560. The van der Waals surface area contributed by atoms with Crippen LogP contribution in [0.3, 0.4) is 0 Å². The van der Waals surface area contributed by atoms with Crippen molar-refractivity contribution in [2.24, 2.45) is 0 Å². The SMILES string of the molecule is CC(C)(C)[Si](C)(C)O[C@@]1(C)CCCO[C@@H]1CC1=CC[C@]2(C)OCCC[C@H]2O1. The van der Waals surface area contributed by atoms with Gasteiger partial charge in [-0.1, -0.05) is 20.8 Å². The molecule has 0 N–H and O–H groups in total. The van der Waals surface area contributed by atoms with Crippen LogP contribution in [0.25, 0.3) is 0 Å². The Balaban J connectivity index is 1.72. The summed E-state index contributed by atoms with van der Waals surface area (Å²) in [5.74, 6) is 1.07. The van der Waals surface area contributed by atoms with Gasteiger partial charge in [-0.15, -0.1) is 0 Å². The number of hydrogen-bond acceptors (Lipinski definition) is 4. The summed E-state index contributed by atoms with van der Waals surface area (Å²) in [6.07, 6.45) is 8.47. The molecule has 5 heteroatoms. The van der Waals surface area contributed by atoms with Gasteiger partial charge >= 0.3 is 0 Å². The molecule has 0 aliphatic carbocycles. The van der Waals surface area contributed by atoms with E-state index in [1.165, 1.54) is 0 Å². The van der Waals surface area contributed by atoms with Gasteiger partial charge in [0.05, 0.1) is 17.5 Å². The van der Waals surface area contributed by atoms with Crippen LogP contribution in [0.5, 0.6) is 0 Å². The average molecular weight is 397 g/mol. The van der Waals surface area contributed by atoms with Gasteiger partial charge in [0.1, 0.15) is 11.7 Å². The van der Waals surface area contributed by atoms with E-state index in [0.29, 0.717) is 0 Å². The molecule has 0 unspecified atom stereocenters. The Morgan fingerprint density at radius 1 is 1.19 bits per heavy atom. The third-order valence-electron chi connectivity index (χ3n) is 7.25. The van der Waals surface area contributed by atoms with Crippen LogP contribution in [0.2, 0.25) is 18.1 Å². The number of hydrogen-bond donors (Lipinski definition) is 0. The quantitative estimate of drug-likeness (QED) is 0.581. The Morgan fingerprint density at radius 3 is 2.63 bits per heavy atom. The van der Waals surface area contributed by atoms with Gasteiger partial charge < -0.3 is 18.6 Å². The van der Waals surface area contributed by atoms with E-state index in [0.717, 1.165) is 57.5 Å². The highest BCUT2D eigenvalue weighted by molar-refractivity contribution is 6.74. The molecule has 3 heterocycles. The van der Waals surface area contributed by atoms with Crippen molar-refractivity contribution < 1.29 is 18.6 Å². The zero-order chi connectivity index (χ0) is 19.9. The number of rotatable bonds is 4. The lowest BCUT2D eigenvalue weighted by Gasteiger charge is -2.50. The molecule has 0 amide bonds. The first-order valence-corrected chi connectivity index (χ1v) is 13.7. The summed E-state index contributed by atoms with van der Waals surface area (Å²) in [4.78, 5) is 0. The summed E-state index contributed by atoms with van der Waals surface area (Å²) in [5.41, 5.74) is -0.397. The molecule has 2 saturated heterocycles. The van der Waals surface area contributed by atoms with Gasteiger partial charge in [-0.2, -0.15) is 0 Å². The van der Waals surface area contributed by atoms with Gasteiger partial charge in [0, 0.05) is 26.1 Å². The molecule has 156 valence electrons. The van der Waals surface area contributed by atoms with Crippen LogP contribution in [0, 0.1) is 0 Å². The number of fused-ring (bicyclic) bond motifs is 1. The monoisotopic (exact) mass is 396 g/mol. The molecule has 3 aliphatic heterocycles. The van der Waals surface area contributed by atoms with E-state index in [2.05, 4.69) is 53.8 Å². The first-order valence-electron chi connectivity index (χ1n) is 10.8. The normalized spacial score (nSPS) is 38.0. The van der Waals surface area contributed by atoms with E-state index in [4.69, 9.17) is 18.6 Å². The second kappa shape index (κ2) is 7.47. The van der Waals surface area contributed by atoms with E-state index in [9.17, 15) is 0 Å². The summed E-state index contributed by atoms with van der Waals surface area (Å²) >= 11 is 0. The molecule has 3 rings (SSSR count). The summed E-state index contributed by atoms with van der Waals surface area (Å²) < 4.78 is 25.6. The first kappa shape index (κ1) is 21.3. The van der Waals surface area contributed by atoms with E-state index < -0.39 is 8.32 Å². The molecule has 2 fully saturated rings.